The maximum absolute atomic E-state index is 5.90. The van der Waals surface area contributed by atoms with Crippen LogP contribution in [0.15, 0.2) is 47.6 Å². The first-order valence-corrected chi connectivity index (χ1v) is 5.96. The Balaban J connectivity index is 2.21. The zero-order chi connectivity index (χ0) is 13.0. The second kappa shape index (κ2) is 5.65. The molecular weight excluding hydrogens is 246 g/mol. The van der Waals surface area contributed by atoms with E-state index in [1.165, 1.54) is 0 Å². The van der Waals surface area contributed by atoms with E-state index in [0.717, 1.165) is 17.1 Å². The summed E-state index contributed by atoms with van der Waals surface area (Å²) in [6.45, 7) is 0. The summed E-state index contributed by atoms with van der Waals surface area (Å²) in [5.74, 6) is 0.907. The molecule has 0 aliphatic heterocycles. The predicted octanol–water partition coefficient (Wildman–Crippen LogP) is 3.55. The lowest BCUT2D eigenvalue weighted by Gasteiger charge is -2.10. The van der Waals surface area contributed by atoms with Crippen LogP contribution in [0.3, 0.4) is 0 Å². The van der Waals surface area contributed by atoms with E-state index in [-0.39, 0.29) is 0 Å². The molecule has 0 saturated heterocycles. The van der Waals surface area contributed by atoms with Gasteiger partial charge in [0, 0.05) is 31.5 Å². The molecule has 2 aromatic rings. The number of pyridine rings is 1. The average molecular weight is 260 g/mol. The van der Waals surface area contributed by atoms with E-state index in [2.05, 4.69) is 9.98 Å². The number of hydrogen-bond donors (Lipinski definition) is 0. The summed E-state index contributed by atoms with van der Waals surface area (Å²) in [6, 6.07) is 11.3. The summed E-state index contributed by atoms with van der Waals surface area (Å²) in [4.78, 5) is 10.6. The lowest BCUT2D eigenvalue weighted by molar-refractivity contribution is 1.07. The van der Waals surface area contributed by atoms with E-state index in [4.69, 9.17) is 11.6 Å². The molecule has 0 saturated carbocycles. The van der Waals surface area contributed by atoms with Gasteiger partial charge in [-0.05, 0) is 35.9 Å². The Morgan fingerprint density at radius 2 is 2.06 bits per heavy atom. The molecule has 2 rings (SSSR count). The Labute approximate surface area is 112 Å². The molecule has 4 heteroatoms. The highest BCUT2D eigenvalue weighted by Crippen LogP contribution is 2.18. The Morgan fingerprint density at radius 1 is 1.22 bits per heavy atom. The lowest BCUT2D eigenvalue weighted by Crippen LogP contribution is -2.10. The van der Waals surface area contributed by atoms with Crippen LogP contribution in [-0.4, -0.2) is 25.3 Å². The molecule has 0 N–H and O–H groups in total. The minimum absolute atomic E-state index is 0.688. The zero-order valence-electron chi connectivity index (χ0n) is 10.3. The van der Waals surface area contributed by atoms with E-state index in [0.29, 0.717) is 5.02 Å². The highest BCUT2D eigenvalue weighted by molar-refractivity contribution is 6.30. The summed E-state index contributed by atoms with van der Waals surface area (Å²) >= 11 is 5.90. The van der Waals surface area contributed by atoms with Gasteiger partial charge in [-0.25, -0.2) is 4.98 Å². The van der Waals surface area contributed by atoms with Gasteiger partial charge in [0.1, 0.15) is 5.82 Å². The fraction of sp³-hybridized carbons (Fsp3) is 0.143. The summed E-state index contributed by atoms with van der Waals surface area (Å²) in [5, 5.41) is 0.688. The van der Waals surface area contributed by atoms with Gasteiger partial charge in [0.25, 0.3) is 0 Å². The molecule has 0 aliphatic rings. The molecule has 1 aromatic carbocycles. The minimum atomic E-state index is 0.688. The maximum atomic E-state index is 5.90. The molecule has 0 aliphatic carbocycles. The standard InChI is InChI=1S/C14H14ClN3/c1-18(2)14-8-11(6-7-16-14)10-17-13-5-3-4-12(15)9-13/h3-10H,1-2H3. The second-order valence-electron chi connectivity index (χ2n) is 4.08. The SMILES string of the molecule is CN(C)c1cc(C=Nc2cccc(Cl)c2)ccn1. The Kier molecular flexibility index (Phi) is 3.95. The number of hydrogen-bond acceptors (Lipinski definition) is 3. The van der Waals surface area contributed by atoms with Crippen molar-refractivity contribution in [1.29, 1.82) is 0 Å². The van der Waals surface area contributed by atoms with Crippen LogP contribution in [-0.2, 0) is 0 Å². The van der Waals surface area contributed by atoms with Crippen molar-refractivity contribution >= 4 is 29.3 Å². The first-order valence-electron chi connectivity index (χ1n) is 5.58. The van der Waals surface area contributed by atoms with Crippen molar-refractivity contribution in [3.8, 4) is 0 Å². The monoisotopic (exact) mass is 259 g/mol. The fourth-order valence-corrected chi connectivity index (χ4v) is 1.65. The van der Waals surface area contributed by atoms with Crippen LogP contribution in [0.4, 0.5) is 11.5 Å². The largest absolute Gasteiger partial charge is 0.363 e. The van der Waals surface area contributed by atoms with Crippen molar-refractivity contribution in [3.05, 3.63) is 53.2 Å². The molecule has 18 heavy (non-hydrogen) atoms. The van der Waals surface area contributed by atoms with Crippen LogP contribution in [0.1, 0.15) is 5.56 Å². The normalized spacial score (nSPS) is 10.8. The fourth-order valence-electron chi connectivity index (χ4n) is 1.46. The van der Waals surface area contributed by atoms with E-state index in [1.54, 1.807) is 12.4 Å². The number of halogens is 1. The third-order valence-electron chi connectivity index (χ3n) is 2.40. The molecule has 0 atom stereocenters. The van der Waals surface area contributed by atoms with Gasteiger partial charge in [-0.15, -0.1) is 0 Å². The van der Waals surface area contributed by atoms with E-state index in [9.17, 15) is 0 Å². The molecular formula is C14H14ClN3. The smallest absolute Gasteiger partial charge is 0.128 e. The highest BCUT2D eigenvalue weighted by atomic mass is 35.5. The van der Waals surface area contributed by atoms with Gasteiger partial charge < -0.3 is 4.90 Å². The molecule has 0 unspecified atom stereocenters. The molecule has 0 amide bonds. The van der Waals surface area contributed by atoms with Gasteiger partial charge >= 0.3 is 0 Å². The molecule has 0 bridgehead atoms. The number of rotatable bonds is 3. The Morgan fingerprint density at radius 3 is 2.78 bits per heavy atom. The summed E-state index contributed by atoms with van der Waals surface area (Å²) < 4.78 is 0. The first kappa shape index (κ1) is 12.6. The molecule has 0 spiro atoms. The van der Waals surface area contributed by atoms with Gasteiger partial charge in [-0.3, -0.25) is 4.99 Å². The molecule has 0 fully saturated rings. The van der Waals surface area contributed by atoms with Gasteiger partial charge in [0.2, 0.25) is 0 Å². The predicted molar refractivity (Wildman–Crippen MR) is 77.3 cm³/mol. The van der Waals surface area contributed by atoms with Crippen molar-refractivity contribution in [2.24, 2.45) is 4.99 Å². The number of aromatic nitrogens is 1. The van der Waals surface area contributed by atoms with Crippen LogP contribution in [0.5, 0.6) is 0 Å². The number of benzene rings is 1. The van der Waals surface area contributed by atoms with Crippen LogP contribution in [0, 0.1) is 0 Å². The minimum Gasteiger partial charge on any atom is -0.363 e. The number of aliphatic imine (C=N–C) groups is 1. The number of anilines is 1. The van der Waals surface area contributed by atoms with Gasteiger partial charge in [0.05, 0.1) is 5.69 Å². The second-order valence-corrected chi connectivity index (χ2v) is 4.52. The van der Waals surface area contributed by atoms with Crippen LogP contribution in [0.2, 0.25) is 5.02 Å². The molecule has 92 valence electrons. The number of nitrogens with zero attached hydrogens (tertiary/aromatic N) is 3. The maximum Gasteiger partial charge on any atom is 0.128 e. The quantitative estimate of drug-likeness (QED) is 0.789. The van der Waals surface area contributed by atoms with Crippen molar-refractivity contribution < 1.29 is 0 Å². The summed E-state index contributed by atoms with van der Waals surface area (Å²) in [5.41, 5.74) is 1.85. The van der Waals surface area contributed by atoms with E-state index >= 15 is 0 Å². The van der Waals surface area contributed by atoms with Crippen LogP contribution in [0.25, 0.3) is 0 Å². The Bertz CT molecular complexity index is 564. The van der Waals surface area contributed by atoms with Gasteiger partial charge in [0.15, 0.2) is 0 Å². The Hall–Kier alpha value is -1.87. The molecule has 1 aromatic heterocycles. The lowest BCUT2D eigenvalue weighted by atomic mass is 10.2. The third-order valence-corrected chi connectivity index (χ3v) is 2.63. The topological polar surface area (TPSA) is 28.5 Å². The first-order chi connectivity index (χ1) is 8.65. The molecule has 1 heterocycles. The van der Waals surface area contributed by atoms with Gasteiger partial charge in [-0.1, -0.05) is 17.7 Å². The van der Waals surface area contributed by atoms with Gasteiger partial charge in [-0.2, -0.15) is 0 Å². The summed E-state index contributed by atoms with van der Waals surface area (Å²) in [7, 11) is 3.92. The van der Waals surface area contributed by atoms with Crippen molar-refractivity contribution in [1.82, 2.24) is 4.98 Å². The van der Waals surface area contributed by atoms with Crippen molar-refractivity contribution in [3.63, 3.8) is 0 Å². The highest BCUT2D eigenvalue weighted by Gasteiger charge is 1.97. The van der Waals surface area contributed by atoms with E-state index in [1.807, 2.05) is 55.4 Å². The molecule has 3 nitrogen and oxygen atoms in total. The van der Waals surface area contributed by atoms with Crippen molar-refractivity contribution in [2.45, 2.75) is 0 Å². The third kappa shape index (κ3) is 3.31. The average Bonchev–Trinajstić information content (AvgIpc) is 2.37. The van der Waals surface area contributed by atoms with Crippen molar-refractivity contribution in [2.75, 3.05) is 19.0 Å². The summed E-state index contributed by atoms with van der Waals surface area (Å²) in [6.07, 6.45) is 3.58. The van der Waals surface area contributed by atoms with Crippen LogP contribution >= 0.6 is 11.6 Å². The van der Waals surface area contributed by atoms with Crippen LogP contribution < -0.4 is 4.90 Å². The molecule has 0 radical (unpaired) electrons. The van der Waals surface area contributed by atoms with E-state index < -0.39 is 0 Å². The zero-order valence-corrected chi connectivity index (χ0v) is 11.1.